The van der Waals surface area contributed by atoms with E-state index in [1.54, 1.807) is 0 Å². The number of unbranched alkanes of at least 4 members (excludes halogenated alkanes) is 2. The Kier molecular flexibility index (Phi) is 9.14. The van der Waals surface area contributed by atoms with E-state index in [0.29, 0.717) is 12.8 Å². The summed E-state index contributed by atoms with van der Waals surface area (Å²) in [5, 5.41) is 22.3. The summed E-state index contributed by atoms with van der Waals surface area (Å²) < 4.78 is 28.7. The minimum absolute atomic E-state index is 0.00996. The van der Waals surface area contributed by atoms with Crippen molar-refractivity contribution in [1.82, 2.24) is 4.72 Å². The zero-order valence-electron chi connectivity index (χ0n) is 20.1. The van der Waals surface area contributed by atoms with Crippen LogP contribution in [0.5, 0.6) is 11.5 Å². The number of carbonyl (C=O) groups is 1. The molecule has 0 bridgehead atoms. The highest BCUT2D eigenvalue weighted by molar-refractivity contribution is 7.90. The number of rotatable bonds is 10. The van der Waals surface area contributed by atoms with E-state index in [2.05, 4.69) is 11.3 Å². The summed E-state index contributed by atoms with van der Waals surface area (Å²) in [7, 11) is -4.40. The molecule has 1 aliphatic rings. The van der Waals surface area contributed by atoms with Crippen molar-refractivity contribution in [3.05, 3.63) is 41.0 Å². The van der Waals surface area contributed by atoms with Gasteiger partial charge in [0.1, 0.15) is 16.4 Å². The zero-order valence-corrected chi connectivity index (χ0v) is 21.0. The van der Waals surface area contributed by atoms with Crippen LogP contribution >= 0.6 is 0 Å². The lowest BCUT2D eigenvalue weighted by Gasteiger charge is -2.32. The third-order valence-corrected chi connectivity index (χ3v) is 7.88. The van der Waals surface area contributed by atoms with Gasteiger partial charge in [0.2, 0.25) is 5.91 Å². The lowest BCUT2D eigenvalue weighted by Crippen LogP contribution is -2.37. The van der Waals surface area contributed by atoms with Crippen molar-refractivity contribution >= 4 is 15.9 Å². The first-order valence-corrected chi connectivity index (χ1v) is 13.1. The van der Waals surface area contributed by atoms with E-state index < -0.39 is 33.5 Å². The van der Waals surface area contributed by atoms with E-state index in [1.807, 2.05) is 26.8 Å². The van der Waals surface area contributed by atoms with Crippen molar-refractivity contribution in [3.8, 4) is 11.5 Å². The van der Waals surface area contributed by atoms with Crippen LogP contribution in [-0.4, -0.2) is 31.1 Å². The summed E-state index contributed by atoms with van der Waals surface area (Å²) in [5.41, 5.74) is 7.94. The molecule has 1 aromatic carbocycles. The van der Waals surface area contributed by atoms with Gasteiger partial charge in [-0.25, -0.2) is 13.1 Å². The number of allylic oxidation sites excluding steroid dienone is 3. The van der Waals surface area contributed by atoms with E-state index in [-0.39, 0.29) is 34.2 Å². The summed E-state index contributed by atoms with van der Waals surface area (Å²) in [6.45, 7) is 11.5. The Bertz CT molecular complexity index is 1030. The standard InChI is InChI=1S/C25H38N2O5S/c1-6-7-8-9-18-13-21(28)22(20-12-16(4)10-11-19(20)15(2)3)23(29)24(18)33(31,32)27-25(30)17(5)14-26/h12-13,17,19-20,28-29H,2,6-11,14,26H2,1,3-5H3,(H,27,30). The van der Waals surface area contributed by atoms with Gasteiger partial charge in [0.25, 0.3) is 10.0 Å². The molecule has 1 aliphatic carbocycles. The number of sulfonamides is 1. The third-order valence-electron chi connectivity index (χ3n) is 6.42. The normalized spacial score (nSPS) is 19.6. The number of aromatic hydroxyl groups is 2. The largest absolute Gasteiger partial charge is 0.507 e. The molecule has 0 spiro atoms. The third kappa shape index (κ3) is 6.18. The SMILES string of the molecule is C=C(C)C1CCC(C)=CC1c1c(O)cc(CCCCC)c(S(=O)(=O)NC(=O)C(C)CN)c1O. The van der Waals surface area contributed by atoms with Crippen molar-refractivity contribution < 1.29 is 23.4 Å². The monoisotopic (exact) mass is 478 g/mol. The molecular formula is C25H38N2O5S. The summed E-state index contributed by atoms with van der Waals surface area (Å²) in [5.74, 6) is -2.59. The fourth-order valence-corrected chi connectivity index (χ4v) is 5.82. The van der Waals surface area contributed by atoms with Gasteiger partial charge in [-0.15, -0.1) is 0 Å². The fraction of sp³-hybridized carbons (Fsp3) is 0.560. The molecular weight excluding hydrogens is 440 g/mol. The Morgan fingerprint density at radius 3 is 2.58 bits per heavy atom. The van der Waals surface area contributed by atoms with E-state index in [1.165, 1.54) is 13.0 Å². The molecule has 0 fully saturated rings. The molecule has 0 aromatic heterocycles. The van der Waals surface area contributed by atoms with Crippen LogP contribution in [0, 0.1) is 11.8 Å². The number of hydrogen-bond donors (Lipinski definition) is 4. The van der Waals surface area contributed by atoms with Crippen LogP contribution in [-0.2, 0) is 21.2 Å². The Hall–Kier alpha value is -2.32. The molecule has 7 nitrogen and oxygen atoms in total. The number of amides is 1. The Morgan fingerprint density at radius 2 is 2.00 bits per heavy atom. The molecule has 0 heterocycles. The minimum atomic E-state index is -4.40. The first-order valence-electron chi connectivity index (χ1n) is 11.6. The van der Waals surface area contributed by atoms with Gasteiger partial charge in [-0.3, -0.25) is 4.79 Å². The van der Waals surface area contributed by atoms with Gasteiger partial charge in [0.15, 0.2) is 0 Å². The zero-order chi connectivity index (χ0) is 24.9. The maximum Gasteiger partial charge on any atom is 0.268 e. The number of aryl methyl sites for hydroxylation is 1. The first kappa shape index (κ1) is 26.9. The molecule has 0 saturated heterocycles. The second kappa shape index (κ2) is 11.2. The quantitative estimate of drug-likeness (QED) is 0.294. The number of hydrogen-bond acceptors (Lipinski definition) is 6. The van der Waals surface area contributed by atoms with Crippen LogP contribution in [0.3, 0.4) is 0 Å². The predicted octanol–water partition coefficient (Wildman–Crippen LogP) is 4.25. The molecule has 1 aromatic rings. The van der Waals surface area contributed by atoms with Crippen molar-refractivity contribution in [1.29, 1.82) is 0 Å². The van der Waals surface area contributed by atoms with Gasteiger partial charge < -0.3 is 15.9 Å². The molecule has 0 saturated carbocycles. The van der Waals surface area contributed by atoms with Crippen LogP contribution < -0.4 is 10.5 Å². The van der Waals surface area contributed by atoms with Crippen LogP contribution in [0.15, 0.2) is 34.8 Å². The predicted molar refractivity (Wildman–Crippen MR) is 131 cm³/mol. The van der Waals surface area contributed by atoms with Crippen molar-refractivity contribution in [2.75, 3.05) is 6.54 Å². The molecule has 3 atom stereocenters. The minimum Gasteiger partial charge on any atom is -0.507 e. The highest BCUT2D eigenvalue weighted by Crippen LogP contribution is 2.49. The second-order valence-electron chi connectivity index (χ2n) is 9.24. The van der Waals surface area contributed by atoms with Crippen LogP contribution in [0.25, 0.3) is 0 Å². The van der Waals surface area contributed by atoms with E-state index in [0.717, 1.165) is 36.8 Å². The van der Waals surface area contributed by atoms with Gasteiger partial charge >= 0.3 is 0 Å². The number of benzene rings is 1. The van der Waals surface area contributed by atoms with Crippen LogP contribution in [0.1, 0.15) is 76.8 Å². The number of phenols is 2. The fourth-order valence-electron chi connectivity index (χ4n) is 4.38. The Labute approximate surface area is 197 Å². The number of carbonyl (C=O) groups excluding carboxylic acids is 1. The van der Waals surface area contributed by atoms with E-state index >= 15 is 0 Å². The average Bonchev–Trinajstić information content (AvgIpc) is 2.72. The van der Waals surface area contributed by atoms with Gasteiger partial charge in [0.05, 0.1) is 0 Å². The lowest BCUT2D eigenvalue weighted by molar-refractivity contribution is -0.122. The summed E-state index contributed by atoms with van der Waals surface area (Å²) >= 11 is 0. The average molecular weight is 479 g/mol. The smallest absolute Gasteiger partial charge is 0.268 e. The first-order chi connectivity index (χ1) is 15.4. The van der Waals surface area contributed by atoms with Gasteiger partial charge in [0, 0.05) is 23.9 Å². The maximum absolute atomic E-state index is 13.3. The van der Waals surface area contributed by atoms with Crippen molar-refractivity contribution in [2.45, 2.75) is 77.0 Å². The van der Waals surface area contributed by atoms with Gasteiger partial charge in [-0.2, -0.15) is 0 Å². The Balaban J connectivity index is 2.71. The highest BCUT2D eigenvalue weighted by Gasteiger charge is 2.35. The van der Waals surface area contributed by atoms with E-state index in [9.17, 15) is 23.4 Å². The molecule has 0 radical (unpaired) electrons. The molecule has 5 N–H and O–H groups in total. The highest BCUT2D eigenvalue weighted by atomic mass is 32.2. The topological polar surface area (TPSA) is 130 Å². The molecule has 33 heavy (non-hydrogen) atoms. The number of phenolic OH excluding ortho intramolecular Hbond substituents is 2. The molecule has 1 amide bonds. The molecule has 0 aliphatic heterocycles. The van der Waals surface area contributed by atoms with Crippen LogP contribution in [0.4, 0.5) is 0 Å². The van der Waals surface area contributed by atoms with E-state index in [4.69, 9.17) is 5.73 Å². The second-order valence-corrected chi connectivity index (χ2v) is 10.9. The van der Waals surface area contributed by atoms with Gasteiger partial charge in [-0.1, -0.05) is 50.5 Å². The molecule has 184 valence electrons. The molecule has 3 unspecified atom stereocenters. The molecule has 8 heteroatoms. The summed E-state index contributed by atoms with van der Waals surface area (Å²) in [6, 6.07) is 1.42. The summed E-state index contributed by atoms with van der Waals surface area (Å²) in [6.07, 6.45) is 6.42. The summed E-state index contributed by atoms with van der Waals surface area (Å²) in [4.78, 5) is 12.0. The number of nitrogens with one attached hydrogen (secondary N) is 1. The number of nitrogens with two attached hydrogens (primary N) is 1. The lowest BCUT2D eigenvalue weighted by atomic mass is 9.73. The maximum atomic E-state index is 13.3. The van der Waals surface area contributed by atoms with Crippen molar-refractivity contribution in [3.63, 3.8) is 0 Å². The molecule has 2 rings (SSSR count). The van der Waals surface area contributed by atoms with Crippen molar-refractivity contribution in [2.24, 2.45) is 17.6 Å². The van der Waals surface area contributed by atoms with Gasteiger partial charge in [-0.05, 0) is 57.1 Å². The van der Waals surface area contributed by atoms with Crippen LogP contribution in [0.2, 0.25) is 0 Å². The Morgan fingerprint density at radius 1 is 1.33 bits per heavy atom.